The van der Waals surface area contributed by atoms with Gasteiger partial charge in [-0.15, -0.1) is 0 Å². The summed E-state index contributed by atoms with van der Waals surface area (Å²) in [4.78, 5) is 13.4. The number of amides is 2. The number of carbonyl (C=O) groups excluding carboxylic acids is 1. The summed E-state index contributed by atoms with van der Waals surface area (Å²) in [7, 11) is 0. The van der Waals surface area contributed by atoms with Crippen LogP contribution in [0.15, 0.2) is 18.2 Å². The summed E-state index contributed by atoms with van der Waals surface area (Å²) >= 11 is 0. The lowest BCUT2D eigenvalue weighted by molar-refractivity contribution is 0.188. The van der Waals surface area contributed by atoms with Crippen molar-refractivity contribution in [2.24, 2.45) is 0 Å². The first-order valence-electron chi connectivity index (χ1n) is 6.00. The maximum absolute atomic E-state index is 13.2. The highest BCUT2D eigenvalue weighted by Crippen LogP contribution is 2.13. The molecule has 2 N–H and O–H groups in total. The van der Waals surface area contributed by atoms with E-state index in [-0.39, 0.29) is 25.0 Å². The van der Waals surface area contributed by atoms with Gasteiger partial charge in [-0.2, -0.15) is 0 Å². The molecule has 0 atom stereocenters. The van der Waals surface area contributed by atoms with Gasteiger partial charge < -0.3 is 15.3 Å². The highest BCUT2D eigenvalue weighted by atomic mass is 19.1. The zero-order valence-corrected chi connectivity index (χ0v) is 10.7. The predicted octanol–water partition coefficient (Wildman–Crippen LogP) is 2.37. The van der Waals surface area contributed by atoms with Crippen molar-refractivity contribution in [2.75, 3.05) is 25.0 Å². The SMILES string of the molecule is CCCN(CCO)C(=O)Nc1cc(C)cc(F)c1. The summed E-state index contributed by atoms with van der Waals surface area (Å²) in [6, 6.07) is 4.04. The Bertz CT molecular complexity index is 384. The van der Waals surface area contributed by atoms with Gasteiger partial charge in [0.2, 0.25) is 0 Å². The second-order valence-electron chi connectivity index (χ2n) is 4.16. The number of aryl methyl sites for hydroxylation is 1. The maximum Gasteiger partial charge on any atom is 0.321 e. The Morgan fingerprint density at radius 1 is 1.39 bits per heavy atom. The van der Waals surface area contributed by atoms with Crippen molar-refractivity contribution in [3.8, 4) is 0 Å². The molecular weight excluding hydrogens is 235 g/mol. The monoisotopic (exact) mass is 254 g/mol. The van der Waals surface area contributed by atoms with Crippen LogP contribution < -0.4 is 5.32 Å². The number of rotatable bonds is 5. The topological polar surface area (TPSA) is 52.6 Å². The van der Waals surface area contributed by atoms with E-state index in [4.69, 9.17) is 5.11 Å². The van der Waals surface area contributed by atoms with Gasteiger partial charge in [0.1, 0.15) is 5.82 Å². The molecule has 0 fully saturated rings. The maximum atomic E-state index is 13.2. The average Bonchev–Trinajstić information content (AvgIpc) is 2.27. The minimum atomic E-state index is -0.380. The van der Waals surface area contributed by atoms with Crippen molar-refractivity contribution in [2.45, 2.75) is 20.3 Å². The molecule has 1 aromatic rings. The van der Waals surface area contributed by atoms with Crippen LogP contribution in [0.2, 0.25) is 0 Å². The van der Waals surface area contributed by atoms with Crippen LogP contribution in [0.3, 0.4) is 0 Å². The van der Waals surface area contributed by atoms with E-state index < -0.39 is 0 Å². The number of aliphatic hydroxyl groups is 1. The summed E-state index contributed by atoms with van der Waals surface area (Å²) < 4.78 is 13.2. The zero-order valence-electron chi connectivity index (χ0n) is 10.7. The molecule has 0 aliphatic carbocycles. The zero-order chi connectivity index (χ0) is 13.5. The Hall–Kier alpha value is -1.62. The van der Waals surface area contributed by atoms with Gasteiger partial charge in [-0.05, 0) is 37.1 Å². The third-order valence-corrected chi connectivity index (χ3v) is 2.44. The van der Waals surface area contributed by atoms with E-state index in [1.54, 1.807) is 13.0 Å². The lowest BCUT2D eigenvalue weighted by Gasteiger charge is -2.21. The fourth-order valence-corrected chi connectivity index (χ4v) is 1.72. The van der Waals surface area contributed by atoms with E-state index in [2.05, 4.69) is 5.32 Å². The van der Waals surface area contributed by atoms with Gasteiger partial charge in [-0.1, -0.05) is 6.92 Å². The first-order valence-corrected chi connectivity index (χ1v) is 6.00. The third kappa shape index (κ3) is 4.33. The molecule has 0 bridgehead atoms. The van der Waals surface area contributed by atoms with Crippen molar-refractivity contribution in [1.82, 2.24) is 4.90 Å². The molecule has 1 aromatic carbocycles. The van der Waals surface area contributed by atoms with Crippen LogP contribution >= 0.6 is 0 Å². The number of hydrogen-bond acceptors (Lipinski definition) is 2. The van der Waals surface area contributed by atoms with Gasteiger partial charge in [0.15, 0.2) is 0 Å². The first-order chi connectivity index (χ1) is 8.56. The van der Waals surface area contributed by atoms with E-state index in [1.165, 1.54) is 17.0 Å². The number of nitrogens with zero attached hydrogens (tertiary/aromatic N) is 1. The number of anilines is 1. The molecule has 0 unspecified atom stereocenters. The second kappa shape index (κ2) is 6.96. The van der Waals surface area contributed by atoms with E-state index in [9.17, 15) is 9.18 Å². The Balaban J connectivity index is 2.72. The number of carbonyl (C=O) groups is 1. The molecule has 18 heavy (non-hydrogen) atoms. The first kappa shape index (κ1) is 14.4. The summed E-state index contributed by atoms with van der Waals surface area (Å²) in [5.41, 5.74) is 1.17. The van der Waals surface area contributed by atoms with Gasteiger partial charge in [-0.25, -0.2) is 9.18 Å². The summed E-state index contributed by atoms with van der Waals surface area (Å²) in [6.45, 7) is 4.45. The van der Waals surface area contributed by atoms with E-state index >= 15 is 0 Å². The smallest absolute Gasteiger partial charge is 0.321 e. The van der Waals surface area contributed by atoms with E-state index in [0.717, 1.165) is 12.0 Å². The van der Waals surface area contributed by atoms with Gasteiger partial charge >= 0.3 is 6.03 Å². The summed E-state index contributed by atoms with van der Waals surface area (Å²) in [5.74, 6) is -0.380. The molecule has 0 spiro atoms. The molecule has 0 aliphatic rings. The third-order valence-electron chi connectivity index (χ3n) is 2.44. The Morgan fingerprint density at radius 3 is 2.67 bits per heavy atom. The van der Waals surface area contributed by atoms with Crippen LogP contribution in [-0.4, -0.2) is 35.7 Å². The highest BCUT2D eigenvalue weighted by Gasteiger charge is 2.12. The molecule has 100 valence electrons. The van der Waals surface area contributed by atoms with Crippen molar-refractivity contribution in [3.05, 3.63) is 29.6 Å². The van der Waals surface area contributed by atoms with Crippen LogP contribution in [0.5, 0.6) is 0 Å². The fraction of sp³-hybridized carbons (Fsp3) is 0.462. The van der Waals surface area contributed by atoms with Crippen molar-refractivity contribution >= 4 is 11.7 Å². The molecule has 0 heterocycles. The molecule has 0 saturated heterocycles. The summed E-state index contributed by atoms with van der Waals surface area (Å²) in [6.07, 6.45) is 0.801. The van der Waals surface area contributed by atoms with Gasteiger partial charge in [-0.3, -0.25) is 0 Å². The van der Waals surface area contributed by atoms with Crippen molar-refractivity contribution < 1.29 is 14.3 Å². The summed E-state index contributed by atoms with van der Waals surface area (Å²) in [5, 5.41) is 11.5. The number of benzene rings is 1. The molecule has 2 amide bonds. The lowest BCUT2D eigenvalue weighted by atomic mass is 10.2. The normalized spacial score (nSPS) is 10.2. The van der Waals surface area contributed by atoms with Crippen molar-refractivity contribution in [1.29, 1.82) is 0 Å². The number of hydrogen-bond donors (Lipinski definition) is 2. The molecular formula is C13H19FN2O2. The minimum Gasteiger partial charge on any atom is -0.395 e. The van der Waals surface area contributed by atoms with Gasteiger partial charge in [0.05, 0.1) is 6.61 Å². The van der Waals surface area contributed by atoms with Crippen LogP contribution in [0, 0.1) is 12.7 Å². The quantitative estimate of drug-likeness (QED) is 0.847. The van der Waals surface area contributed by atoms with E-state index in [1.807, 2.05) is 6.92 Å². The lowest BCUT2D eigenvalue weighted by Crippen LogP contribution is -2.37. The molecule has 0 aromatic heterocycles. The Kier molecular flexibility index (Phi) is 5.58. The molecule has 0 aliphatic heterocycles. The molecule has 1 rings (SSSR count). The molecule has 0 radical (unpaired) electrons. The largest absolute Gasteiger partial charge is 0.395 e. The second-order valence-corrected chi connectivity index (χ2v) is 4.16. The van der Waals surface area contributed by atoms with Crippen LogP contribution in [0.4, 0.5) is 14.9 Å². The van der Waals surface area contributed by atoms with Crippen LogP contribution in [0.25, 0.3) is 0 Å². The predicted molar refractivity (Wildman–Crippen MR) is 69.1 cm³/mol. The van der Waals surface area contributed by atoms with Gasteiger partial charge in [0, 0.05) is 18.8 Å². The average molecular weight is 254 g/mol. The number of halogens is 1. The van der Waals surface area contributed by atoms with Crippen LogP contribution in [-0.2, 0) is 0 Å². The van der Waals surface area contributed by atoms with Gasteiger partial charge in [0.25, 0.3) is 0 Å². The number of nitrogens with one attached hydrogen (secondary N) is 1. The molecule has 5 heteroatoms. The fourth-order valence-electron chi connectivity index (χ4n) is 1.72. The Labute approximate surface area is 106 Å². The molecule has 0 saturated carbocycles. The van der Waals surface area contributed by atoms with Crippen LogP contribution in [0.1, 0.15) is 18.9 Å². The number of urea groups is 1. The minimum absolute atomic E-state index is 0.0877. The highest BCUT2D eigenvalue weighted by molar-refractivity contribution is 5.89. The van der Waals surface area contributed by atoms with Crippen molar-refractivity contribution in [3.63, 3.8) is 0 Å². The Morgan fingerprint density at radius 2 is 2.11 bits per heavy atom. The molecule has 4 nitrogen and oxygen atoms in total. The standard InChI is InChI=1S/C13H19FN2O2/c1-3-4-16(5-6-17)13(18)15-12-8-10(2)7-11(14)9-12/h7-9,17H,3-6H2,1-2H3,(H,15,18). The number of aliphatic hydroxyl groups excluding tert-OH is 1. The van der Waals surface area contributed by atoms with E-state index in [0.29, 0.717) is 12.2 Å².